The van der Waals surface area contributed by atoms with Crippen LogP contribution in [-0.2, 0) is 0 Å². The minimum atomic E-state index is 0.106. The van der Waals surface area contributed by atoms with Crippen LogP contribution in [0.25, 0.3) is 0 Å². The van der Waals surface area contributed by atoms with Gasteiger partial charge in [-0.05, 0) is 24.3 Å². The standard InChI is InChI=1S/2C10H15NO2/c2*12-8-6-11(7-9-13)10-4-2-1-3-5-10/h2*1-5,12-13H,6-9H2. The van der Waals surface area contributed by atoms with Crippen LogP contribution in [0.15, 0.2) is 60.7 Å². The lowest BCUT2D eigenvalue weighted by atomic mass is 10.3. The molecule has 0 amide bonds. The van der Waals surface area contributed by atoms with Gasteiger partial charge in [-0.2, -0.15) is 0 Å². The number of hydrogen-bond donors (Lipinski definition) is 4. The zero-order chi connectivity index (χ0) is 19.0. The molecule has 0 heterocycles. The molecule has 0 atom stereocenters. The smallest absolute Gasteiger partial charge is 0.0606 e. The van der Waals surface area contributed by atoms with Gasteiger partial charge in [0, 0.05) is 37.6 Å². The summed E-state index contributed by atoms with van der Waals surface area (Å²) in [4.78, 5) is 3.89. The molecule has 0 spiro atoms. The van der Waals surface area contributed by atoms with Crippen molar-refractivity contribution in [1.82, 2.24) is 0 Å². The molecule has 0 saturated carbocycles. The topological polar surface area (TPSA) is 87.4 Å². The molecule has 0 radical (unpaired) electrons. The molecule has 0 unspecified atom stereocenters. The molecule has 0 aromatic heterocycles. The SMILES string of the molecule is OCCN(CCO)c1ccccc1.OCCN(CCO)c1ccccc1. The van der Waals surface area contributed by atoms with Crippen molar-refractivity contribution >= 4 is 11.4 Å². The molecule has 2 aromatic carbocycles. The van der Waals surface area contributed by atoms with Gasteiger partial charge in [-0.15, -0.1) is 0 Å². The molecule has 2 rings (SSSR count). The first-order valence-electron chi connectivity index (χ1n) is 8.80. The first-order valence-corrected chi connectivity index (χ1v) is 8.80. The Bertz CT molecular complexity index is 491. The molecule has 0 aliphatic heterocycles. The van der Waals surface area contributed by atoms with Crippen molar-refractivity contribution < 1.29 is 20.4 Å². The van der Waals surface area contributed by atoms with Crippen LogP contribution in [0.4, 0.5) is 11.4 Å². The third-order valence-electron chi connectivity index (χ3n) is 3.72. The highest BCUT2D eigenvalue weighted by molar-refractivity contribution is 5.46. The van der Waals surface area contributed by atoms with Gasteiger partial charge in [-0.1, -0.05) is 36.4 Å². The summed E-state index contributed by atoms with van der Waals surface area (Å²) in [5, 5.41) is 35.2. The monoisotopic (exact) mass is 362 g/mol. The Morgan fingerprint density at radius 3 is 0.962 bits per heavy atom. The van der Waals surface area contributed by atoms with Crippen LogP contribution in [0, 0.1) is 0 Å². The van der Waals surface area contributed by atoms with Gasteiger partial charge in [0.1, 0.15) is 0 Å². The molecule has 0 aliphatic carbocycles. The summed E-state index contributed by atoms with van der Waals surface area (Å²) in [6.45, 7) is 2.66. The van der Waals surface area contributed by atoms with Gasteiger partial charge in [0.25, 0.3) is 0 Å². The lowest BCUT2D eigenvalue weighted by molar-refractivity contribution is 0.280. The minimum Gasteiger partial charge on any atom is -0.395 e. The highest BCUT2D eigenvalue weighted by Gasteiger charge is 2.03. The van der Waals surface area contributed by atoms with Gasteiger partial charge >= 0.3 is 0 Å². The Balaban J connectivity index is 0.000000260. The number of para-hydroxylation sites is 2. The van der Waals surface area contributed by atoms with Crippen molar-refractivity contribution in [3.63, 3.8) is 0 Å². The van der Waals surface area contributed by atoms with Gasteiger partial charge < -0.3 is 30.2 Å². The van der Waals surface area contributed by atoms with Crippen LogP contribution in [0.5, 0.6) is 0 Å². The van der Waals surface area contributed by atoms with Gasteiger partial charge in [-0.25, -0.2) is 0 Å². The van der Waals surface area contributed by atoms with Gasteiger partial charge in [0.05, 0.1) is 26.4 Å². The van der Waals surface area contributed by atoms with Gasteiger partial charge in [0.2, 0.25) is 0 Å². The number of rotatable bonds is 10. The second kappa shape index (κ2) is 14.1. The number of anilines is 2. The quantitative estimate of drug-likeness (QED) is 0.504. The maximum Gasteiger partial charge on any atom is 0.0606 e. The molecule has 144 valence electrons. The number of nitrogens with zero attached hydrogens (tertiary/aromatic N) is 2. The fraction of sp³-hybridized carbons (Fsp3) is 0.400. The van der Waals surface area contributed by atoms with E-state index >= 15 is 0 Å². The van der Waals surface area contributed by atoms with E-state index in [9.17, 15) is 0 Å². The molecule has 0 bridgehead atoms. The van der Waals surface area contributed by atoms with E-state index in [4.69, 9.17) is 20.4 Å². The van der Waals surface area contributed by atoms with E-state index in [-0.39, 0.29) is 26.4 Å². The fourth-order valence-corrected chi connectivity index (χ4v) is 2.50. The molecule has 6 nitrogen and oxygen atoms in total. The fourth-order valence-electron chi connectivity index (χ4n) is 2.50. The molecule has 2 aromatic rings. The molecule has 0 aliphatic rings. The maximum atomic E-state index is 8.80. The summed E-state index contributed by atoms with van der Waals surface area (Å²) in [6.07, 6.45) is 0. The molecular weight excluding hydrogens is 332 g/mol. The van der Waals surface area contributed by atoms with E-state index in [0.717, 1.165) is 11.4 Å². The Hall–Kier alpha value is -2.12. The van der Waals surface area contributed by atoms with E-state index in [2.05, 4.69) is 0 Å². The van der Waals surface area contributed by atoms with Crippen LogP contribution >= 0.6 is 0 Å². The molecule has 6 heteroatoms. The van der Waals surface area contributed by atoms with Crippen molar-refractivity contribution in [1.29, 1.82) is 0 Å². The predicted molar refractivity (Wildman–Crippen MR) is 106 cm³/mol. The summed E-state index contributed by atoms with van der Waals surface area (Å²) < 4.78 is 0. The predicted octanol–water partition coefficient (Wildman–Crippen LogP) is 0.955. The Morgan fingerprint density at radius 2 is 0.731 bits per heavy atom. The second-order valence-electron chi connectivity index (χ2n) is 5.54. The second-order valence-corrected chi connectivity index (χ2v) is 5.54. The molecule has 26 heavy (non-hydrogen) atoms. The number of aliphatic hydroxyl groups excluding tert-OH is 4. The summed E-state index contributed by atoms with van der Waals surface area (Å²) >= 11 is 0. The summed E-state index contributed by atoms with van der Waals surface area (Å²) in [5.74, 6) is 0. The number of aliphatic hydroxyl groups is 4. The van der Waals surface area contributed by atoms with E-state index in [0.29, 0.717) is 26.2 Å². The summed E-state index contributed by atoms with van der Waals surface area (Å²) in [6, 6.07) is 19.5. The van der Waals surface area contributed by atoms with Crippen LogP contribution < -0.4 is 9.80 Å². The van der Waals surface area contributed by atoms with E-state index in [1.54, 1.807) is 0 Å². The zero-order valence-corrected chi connectivity index (χ0v) is 15.1. The van der Waals surface area contributed by atoms with Crippen LogP contribution in [-0.4, -0.2) is 73.0 Å². The van der Waals surface area contributed by atoms with Gasteiger partial charge in [0.15, 0.2) is 0 Å². The van der Waals surface area contributed by atoms with Crippen molar-refractivity contribution in [2.24, 2.45) is 0 Å². The number of hydrogen-bond acceptors (Lipinski definition) is 6. The average Bonchev–Trinajstić information content (AvgIpc) is 2.69. The van der Waals surface area contributed by atoms with Crippen LogP contribution in [0.2, 0.25) is 0 Å². The van der Waals surface area contributed by atoms with Crippen molar-refractivity contribution in [3.8, 4) is 0 Å². The van der Waals surface area contributed by atoms with Crippen molar-refractivity contribution in [2.45, 2.75) is 0 Å². The third-order valence-corrected chi connectivity index (χ3v) is 3.72. The Labute approximate surface area is 155 Å². The third kappa shape index (κ3) is 8.31. The highest BCUT2D eigenvalue weighted by atomic mass is 16.3. The Morgan fingerprint density at radius 1 is 0.462 bits per heavy atom. The average molecular weight is 362 g/mol. The highest BCUT2D eigenvalue weighted by Crippen LogP contribution is 2.12. The van der Waals surface area contributed by atoms with Gasteiger partial charge in [-0.3, -0.25) is 0 Å². The normalized spacial score (nSPS) is 10.0. The largest absolute Gasteiger partial charge is 0.395 e. The van der Waals surface area contributed by atoms with Crippen molar-refractivity contribution in [2.75, 3.05) is 62.4 Å². The van der Waals surface area contributed by atoms with E-state index in [1.165, 1.54) is 0 Å². The van der Waals surface area contributed by atoms with Crippen LogP contribution in [0.3, 0.4) is 0 Å². The van der Waals surface area contributed by atoms with Crippen molar-refractivity contribution in [3.05, 3.63) is 60.7 Å². The number of benzene rings is 2. The molecule has 0 saturated heterocycles. The molecule has 4 N–H and O–H groups in total. The summed E-state index contributed by atoms with van der Waals surface area (Å²) in [5.41, 5.74) is 2.07. The Kier molecular flexibility index (Phi) is 11.9. The maximum absolute atomic E-state index is 8.80. The zero-order valence-electron chi connectivity index (χ0n) is 15.1. The van der Waals surface area contributed by atoms with E-state index in [1.807, 2.05) is 70.5 Å². The van der Waals surface area contributed by atoms with Crippen LogP contribution in [0.1, 0.15) is 0 Å². The summed E-state index contributed by atoms with van der Waals surface area (Å²) in [7, 11) is 0. The lowest BCUT2D eigenvalue weighted by Crippen LogP contribution is -2.29. The molecular formula is C20H30N2O4. The van der Waals surface area contributed by atoms with E-state index < -0.39 is 0 Å². The lowest BCUT2D eigenvalue weighted by Gasteiger charge is -2.22. The first-order chi connectivity index (χ1) is 12.8. The first kappa shape index (κ1) is 21.9. The molecule has 0 fully saturated rings. The minimum absolute atomic E-state index is 0.106.